The number of rotatable bonds is 6. The topological polar surface area (TPSA) is 72.8 Å². The first-order chi connectivity index (χ1) is 10.0. The van der Waals surface area contributed by atoms with Crippen LogP contribution < -0.4 is 5.32 Å². The lowest BCUT2D eigenvalue weighted by Crippen LogP contribution is -2.49. The van der Waals surface area contributed by atoms with Gasteiger partial charge in [0.1, 0.15) is 0 Å². The Hall–Kier alpha value is -0.650. The minimum Gasteiger partial charge on any atom is -0.481 e. The van der Waals surface area contributed by atoms with Crippen LogP contribution in [-0.4, -0.2) is 58.9 Å². The van der Waals surface area contributed by atoms with Crippen molar-refractivity contribution in [1.29, 1.82) is 0 Å². The van der Waals surface area contributed by atoms with Crippen LogP contribution in [0.25, 0.3) is 0 Å². The number of carbonyl (C=O) groups is 1. The van der Waals surface area contributed by atoms with Crippen molar-refractivity contribution >= 4 is 5.97 Å². The molecule has 0 aromatic rings. The molecule has 1 atom stereocenters. The number of hydrogen-bond donors (Lipinski definition) is 3. The van der Waals surface area contributed by atoms with Crippen LogP contribution in [0.2, 0.25) is 0 Å². The van der Waals surface area contributed by atoms with Gasteiger partial charge >= 0.3 is 5.97 Å². The molecule has 1 heterocycles. The predicted octanol–water partition coefficient (Wildman–Crippen LogP) is 1.46. The van der Waals surface area contributed by atoms with E-state index in [1.54, 1.807) is 0 Å². The molecule has 3 N–H and O–H groups in total. The number of carboxylic acid groups (broad SMARTS) is 1. The molecule has 5 heteroatoms. The summed E-state index contributed by atoms with van der Waals surface area (Å²) in [5, 5.41) is 22.9. The van der Waals surface area contributed by atoms with Crippen LogP contribution in [0.5, 0.6) is 0 Å². The summed E-state index contributed by atoms with van der Waals surface area (Å²) < 4.78 is 0. The van der Waals surface area contributed by atoms with E-state index in [-0.39, 0.29) is 5.92 Å². The molecule has 1 saturated heterocycles. The second-order valence-electron chi connectivity index (χ2n) is 6.91. The van der Waals surface area contributed by atoms with Crippen LogP contribution in [0, 0.1) is 5.92 Å². The van der Waals surface area contributed by atoms with Crippen molar-refractivity contribution in [2.24, 2.45) is 5.92 Å². The number of carboxylic acids is 1. The van der Waals surface area contributed by atoms with Gasteiger partial charge in [-0.25, -0.2) is 0 Å². The SMILES string of the molecule is CC(CNCC1(O)CCC(C(=O)O)CC1)N1CCCCC1. The lowest BCUT2D eigenvalue weighted by Gasteiger charge is -2.36. The molecule has 1 saturated carbocycles. The van der Waals surface area contributed by atoms with Gasteiger partial charge in [-0.1, -0.05) is 6.42 Å². The molecule has 21 heavy (non-hydrogen) atoms. The Morgan fingerprint density at radius 2 is 1.90 bits per heavy atom. The summed E-state index contributed by atoms with van der Waals surface area (Å²) >= 11 is 0. The number of likely N-dealkylation sites (tertiary alicyclic amines) is 1. The molecule has 0 aromatic heterocycles. The van der Waals surface area contributed by atoms with Gasteiger partial charge in [0.2, 0.25) is 0 Å². The van der Waals surface area contributed by atoms with Gasteiger partial charge in [-0.2, -0.15) is 0 Å². The first kappa shape index (κ1) is 16.7. The highest BCUT2D eigenvalue weighted by Gasteiger charge is 2.35. The van der Waals surface area contributed by atoms with E-state index < -0.39 is 11.6 Å². The molecular formula is C16H30N2O3. The maximum absolute atomic E-state index is 10.9. The van der Waals surface area contributed by atoms with Gasteiger partial charge in [0, 0.05) is 19.1 Å². The third-order valence-corrected chi connectivity index (χ3v) is 5.17. The normalized spacial score (nSPS) is 32.8. The van der Waals surface area contributed by atoms with Crippen molar-refractivity contribution in [3.63, 3.8) is 0 Å². The number of piperidine rings is 1. The van der Waals surface area contributed by atoms with E-state index in [2.05, 4.69) is 17.1 Å². The van der Waals surface area contributed by atoms with Crippen LogP contribution in [0.3, 0.4) is 0 Å². The lowest BCUT2D eigenvalue weighted by molar-refractivity contribution is -0.144. The third-order valence-electron chi connectivity index (χ3n) is 5.17. The van der Waals surface area contributed by atoms with Gasteiger partial charge in [-0.15, -0.1) is 0 Å². The molecule has 0 radical (unpaired) electrons. The van der Waals surface area contributed by atoms with E-state index in [0.29, 0.717) is 38.3 Å². The molecule has 2 rings (SSSR count). The number of nitrogens with zero attached hydrogens (tertiary/aromatic N) is 1. The molecule has 0 aromatic carbocycles. The highest BCUT2D eigenvalue weighted by Crippen LogP contribution is 2.31. The molecule has 0 spiro atoms. The summed E-state index contributed by atoms with van der Waals surface area (Å²) in [5.41, 5.74) is -0.715. The van der Waals surface area contributed by atoms with Gasteiger partial charge < -0.3 is 15.5 Å². The van der Waals surface area contributed by atoms with E-state index in [0.717, 1.165) is 6.54 Å². The van der Waals surface area contributed by atoms with E-state index in [9.17, 15) is 9.90 Å². The number of aliphatic hydroxyl groups is 1. The maximum atomic E-state index is 10.9. The van der Waals surface area contributed by atoms with Crippen molar-refractivity contribution in [1.82, 2.24) is 10.2 Å². The quantitative estimate of drug-likeness (QED) is 0.692. The zero-order valence-corrected chi connectivity index (χ0v) is 13.2. The minimum atomic E-state index is -0.719. The van der Waals surface area contributed by atoms with Crippen LogP contribution in [0.4, 0.5) is 0 Å². The highest BCUT2D eigenvalue weighted by molar-refractivity contribution is 5.70. The van der Waals surface area contributed by atoms with Gasteiger partial charge in [-0.05, 0) is 58.5 Å². The van der Waals surface area contributed by atoms with Crippen LogP contribution >= 0.6 is 0 Å². The van der Waals surface area contributed by atoms with Crippen molar-refractivity contribution < 1.29 is 15.0 Å². The van der Waals surface area contributed by atoms with Crippen molar-refractivity contribution in [2.45, 2.75) is 63.5 Å². The first-order valence-electron chi connectivity index (χ1n) is 8.40. The molecule has 5 nitrogen and oxygen atoms in total. The fourth-order valence-electron chi connectivity index (χ4n) is 3.58. The average molecular weight is 298 g/mol. The first-order valence-corrected chi connectivity index (χ1v) is 8.40. The van der Waals surface area contributed by atoms with Gasteiger partial charge in [0.05, 0.1) is 11.5 Å². The van der Waals surface area contributed by atoms with Crippen LogP contribution in [-0.2, 0) is 4.79 Å². The van der Waals surface area contributed by atoms with Crippen LogP contribution in [0.1, 0.15) is 51.9 Å². The Kier molecular flexibility index (Phi) is 6.02. The molecular weight excluding hydrogens is 268 g/mol. The Morgan fingerprint density at radius 3 is 2.48 bits per heavy atom. The summed E-state index contributed by atoms with van der Waals surface area (Å²) in [6, 6.07) is 0.504. The molecule has 2 aliphatic rings. The van der Waals surface area contributed by atoms with E-state index >= 15 is 0 Å². The molecule has 2 fully saturated rings. The highest BCUT2D eigenvalue weighted by atomic mass is 16.4. The smallest absolute Gasteiger partial charge is 0.306 e. The zero-order chi connectivity index (χ0) is 15.3. The van der Waals surface area contributed by atoms with E-state index in [1.165, 1.54) is 32.4 Å². The van der Waals surface area contributed by atoms with Crippen molar-refractivity contribution in [2.75, 3.05) is 26.2 Å². The van der Waals surface area contributed by atoms with Crippen molar-refractivity contribution in [3.05, 3.63) is 0 Å². The maximum Gasteiger partial charge on any atom is 0.306 e. The number of nitrogens with one attached hydrogen (secondary N) is 1. The fraction of sp³-hybridized carbons (Fsp3) is 0.938. The molecule has 0 bridgehead atoms. The standard InChI is InChI=1S/C16H30N2O3/c1-13(18-9-3-2-4-10-18)11-17-12-16(21)7-5-14(6-8-16)15(19)20/h13-14,17,21H,2-12H2,1H3,(H,19,20). The summed E-state index contributed by atoms with van der Waals surface area (Å²) in [7, 11) is 0. The molecule has 1 aliphatic heterocycles. The van der Waals surface area contributed by atoms with E-state index in [1.807, 2.05) is 0 Å². The third kappa shape index (κ3) is 4.94. The average Bonchev–Trinajstić information content (AvgIpc) is 2.48. The Morgan fingerprint density at radius 1 is 1.29 bits per heavy atom. The van der Waals surface area contributed by atoms with Gasteiger partial charge in [0.15, 0.2) is 0 Å². The van der Waals surface area contributed by atoms with Crippen LogP contribution in [0.15, 0.2) is 0 Å². The molecule has 1 unspecified atom stereocenters. The molecule has 0 amide bonds. The summed E-state index contributed by atoms with van der Waals surface area (Å²) in [5.74, 6) is -0.985. The van der Waals surface area contributed by atoms with Crippen molar-refractivity contribution in [3.8, 4) is 0 Å². The molecule has 1 aliphatic carbocycles. The predicted molar refractivity (Wildman–Crippen MR) is 82.3 cm³/mol. The summed E-state index contributed by atoms with van der Waals surface area (Å²) in [4.78, 5) is 13.5. The summed E-state index contributed by atoms with van der Waals surface area (Å²) in [6.45, 7) is 6.09. The Bertz CT molecular complexity index is 334. The number of hydrogen-bond acceptors (Lipinski definition) is 4. The molecule has 122 valence electrons. The summed E-state index contributed by atoms with van der Waals surface area (Å²) in [6.07, 6.45) is 6.31. The minimum absolute atomic E-state index is 0.266. The lowest BCUT2D eigenvalue weighted by atomic mass is 9.79. The fourth-order valence-corrected chi connectivity index (χ4v) is 3.58. The monoisotopic (exact) mass is 298 g/mol. The number of aliphatic carboxylic acids is 1. The second kappa shape index (κ2) is 7.56. The van der Waals surface area contributed by atoms with Gasteiger partial charge in [0.25, 0.3) is 0 Å². The van der Waals surface area contributed by atoms with E-state index in [4.69, 9.17) is 5.11 Å². The Labute approximate surface area is 127 Å². The van der Waals surface area contributed by atoms with Gasteiger partial charge in [-0.3, -0.25) is 9.69 Å². The zero-order valence-electron chi connectivity index (χ0n) is 13.2. The Balaban J connectivity index is 1.67. The largest absolute Gasteiger partial charge is 0.481 e. The second-order valence-corrected chi connectivity index (χ2v) is 6.91.